The van der Waals surface area contributed by atoms with Gasteiger partial charge in [-0.05, 0) is 38.5 Å². The highest BCUT2D eigenvalue weighted by Gasteiger charge is 2.33. The summed E-state index contributed by atoms with van der Waals surface area (Å²) in [7, 11) is 0. The van der Waals surface area contributed by atoms with Crippen molar-refractivity contribution in [2.24, 2.45) is 5.73 Å². The molecule has 1 fully saturated rings. The van der Waals surface area contributed by atoms with Gasteiger partial charge in [0.25, 0.3) is 0 Å². The van der Waals surface area contributed by atoms with Crippen LogP contribution >= 0.6 is 0 Å². The largest absolute Gasteiger partial charge is 0.394 e. The molecule has 2 rings (SSSR count). The van der Waals surface area contributed by atoms with Crippen LogP contribution in [-0.2, 0) is 4.74 Å². The number of anilines is 1. The zero-order chi connectivity index (χ0) is 14.0. The van der Waals surface area contributed by atoms with E-state index in [2.05, 4.69) is 43.0 Å². The smallest absolute Gasteiger partial charge is 0.0988 e. The van der Waals surface area contributed by atoms with E-state index >= 15 is 0 Å². The van der Waals surface area contributed by atoms with Crippen LogP contribution in [0, 0.1) is 0 Å². The maximum absolute atomic E-state index is 9.34. The fraction of sp³-hybridized carbons (Fsp3) is 0.600. The van der Waals surface area contributed by atoms with Crippen LogP contribution in [0.3, 0.4) is 0 Å². The van der Waals surface area contributed by atoms with Crippen molar-refractivity contribution >= 4 is 5.69 Å². The fourth-order valence-corrected chi connectivity index (χ4v) is 2.58. The maximum Gasteiger partial charge on any atom is 0.0988 e. The van der Waals surface area contributed by atoms with Crippen LogP contribution in [0.25, 0.3) is 0 Å². The number of nitrogens with two attached hydrogens (primary N) is 1. The van der Waals surface area contributed by atoms with E-state index in [4.69, 9.17) is 10.5 Å². The fourth-order valence-electron chi connectivity index (χ4n) is 2.58. The Balaban J connectivity index is 2.16. The average Bonchev–Trinajstić information content (AvgIpc) is 2.37. The van der Waals surface area contributed by atoms with Gasteiger partial charge < -0.3 is 20.5 Å². The molecular formula is C15H24N2O2. The van der Waals surface area contributed by atoms with E-state index in [1.54, 1.807) is 0 Å². The molecule has 1 aliphatic rings. The molecule has 0 amide bonds. The summed E-state index contributed by atoms with van der Waals surface area (Å²) in [6, 6.07) is 8.37. The van der Waals surface area contributed by atoms with Crippen LogP contribution in [0.1, 0.15) is 32.4 Å². The topological polar surface area (TPSA) is 58.7 Å². The van der Waals surface area contributed by atoms with Crippen molar-refractivity contribution < 1.29 is 9.84 Å². The second kappa shape index (κ2) is 5.49. The van der Waals surface area contributed by atoms with E-state index in [1.165, 1.54) is 0 Å². The number of morpholine rings is 1. The van der Waals surface area contributed by atoms with E-state index in [0.29, 0.717) is 0 Å². The second-order valence-corrected chi connectivity index (χ2v) is 5.94. The van der Waals surface area contributed by atoms with E-state index in [1.807, 2.05) is 6.92 Å². The normalized spacial score (nSPS) is 24.3. The van der Waals surface area contributed by atoms with Crippen LogP contribution in [-0.4, -0.2) is 36.5 Å². The van der Waals surface area contributed by atoms with Crippen molar-refractivity contribution in [3.05, 3.63) is 29.8 Å². The van der Waals surface area contributed by atoms with Crippen LogP contribution in [0.4, 0.5) is 5.69 Å². The van der Waals surface area contributed by atoms with Crippen molar-refractivity contribution in [3.8, 4) is 0 Å². The molecule has 2 atom stereocenters. The Morgan fingerprint density at radius 3 is 2.58 bits per heavy atom. The summed E-state index contributed by atoms with van der Waals surface area (Å²) in [5.41, 5.74) is 7.90. The number of aliphatic hydroxyl groups is 1. The van der Waals surface area contributed by atoms with Crippen LogP contribution in [0.15, 0.2) is 24.3 Å². The monoisotopic (exact) mass is 264 g/mol. The van der Waals surface area contributed by atoms with Gasteiger partial charge in [0.1, 0.15) is 0 Å². The number of aliphatic hydroxyl groups excluding tert-OH is 1. The van der Waals surface area contributed by atoms with Gasteiger partial charge in [0, 0.05) is 24.8 Å². The number of ether oxygens (including phenoxy) is 1. The Bertz CT molecular complexity index is 415. The number of rotatable bonds is 3. The van der Waals surface area contributed by atoms with Gasteiger partial charge in [-0.3, -0.25) is 0 Å². The van der Waals surface area contributed by atoms with Gasteiger partial charge in [0.2, 0.25) is 0 Å². The standard InChI is InChI=1S/C15H24N2O2/c1-11(16)12-4-6-13(7-5-12)17-8-14(9-18)19-15(2,3)10-17/h4-7,11,14,18H,8-10,16H2,1-3H3/t11-,14?/m0/s1. The molecule has 1 unspecified atom stereocenters. The Morgan fingerprint density at radius 1 is 1.42 bits per heavy atom. The summed E-state index contributed by atoms with van der Waals surface area (Å²) in [6.45, 7) is 7.68. The molecule has 1 aromatic carbocycles. The van der Waals surface area contributed by atoms with Crippen LogP contribution < -0.4 is 10.6 Å². The summed E-state index contributed by atoms with van der Waals surface area (Å²) >= 11 is 0. The quantitative estimate of drug-likeness (QED) is 0.872. The minimum atomic E-state index is -0.245. The van der Waals surface area contributed by atoms with Crippen molar-refractivity contribution in [2.45, 2.75) is 38.5 Å². The molecule has 19 heavy (non-hydrogen) atoms. The first-order valence-electron chi connectivity index (χ1n) is 6.80. The van der Waals surface area contributed by atoms with Crippen LogP contribution in [0.5, 0.6) is 0 Å². The number of benzene rings is 1. The second-order valence-electron chi connectivity index (χ2n) is 5.94. The van der Waals surface area contributed by atoms with Gasteiger partial charge in [0.05, 0.1) is 18.3 Å². The first-order valence-corrected chi connectivity index (χ1v) is 6.80. The molecule has 0 bridgehead atoms. The van der Waals surface area contributed by atoms with Gasteiger partial charge in [-0.1, -0.05) is 12.1 Å². The molecule has 1 aliphatic heterocycles. The third-order valence-corrected chi connectivity index (χ3v) is 3.47. The van der Waals surface area contributed by atoms with Crippen molar-refractivity contribution in [2.75, 3.05) is 24.6 Å². The molecule has 0 saturated carbocycles. The lowest BCUT2D eigenvalue weighted by Gasteiger charge is -2.43. The van der Waals surface area contributed by atoms with Gasteiger partial charge in [-0.2, -0.15) is 0 Å². The van der Waals surface area contributed by atoms with Crippen molar-refractivity contribution in [1.29, 1.82) is 0 Å². The lowest BCUT2D eigenvalue weighted by Crippen LogP contribution is -2.54. The van der Waals surface area contributed by atoms with E-state index in [0.717, 1.165) is 24.3 Å². The first kappa shape index (κ1) is 14.3. The molecule has 4 nitrogen and oxygen atoms in total. The summed E-state index contributed by atoms with van der Waals surface area (Å²) in [4.78, 5) is 2.26. The number of hydrogen-bond donors (Lipinski definition) is 2. The van der Waals surface area contributed by atoms with Crippen molar-refractivity contribution in [1.82, 2.24) is 0 Å². The molecule has 3 N–H and O–H groups in total. The molecule has 1 heterocycles. The van der Waals surface area contributed by atoms with Crippen LogP contribution in [0.2, 0.25) is 0 Å². The molecule has 0 spiro atoms. The van der Waals surface area contributed by atoms with Gasteiger partial charge >= 0.3 is 0 Å². The predicted molar refractivity (Wildman–Crippen MR) is 77.3 cm³/mol. The molecule has 0 aliphatic carbocycles. The Kier molecular flexibility index (Phi) is 4.13. The SMILES string of the molecule is C[C@H](N)c1ccc(N2CC(CO)OC(C)(C)C2)cc1. The minimum absolute atomic E-state index is 0.0534. The summed E-state index contributed by atoms with van der Waals surface area (Å²) in [6.07, 6.45) is -0.128. The predicted octanol–water partition coefficient (Wildman–Crippen LogP) is 1.68. The lowest BCUT2D eigenvalue weighted by atomic mass is 10.0. The molecule has 1 saturated heterocycles. The van der Waals surface area contributed by atoms with Gasteiger partial charge in [-0.25, -0.2) is 0 Å². The first-order chi connectivity index (χ1) is 8.91. The highest BCUT2D eigenvalue weighted by Crippen LogP contribution is 2.26. The van der Waals surface area contributed by atoms with Gasteiger partial charge in [0.15, 0.2) is 0 Å². The Morgan fingerprint density at radius 2 is 2.05 bits per heavy atom. The Labute approximate surface area is 115 Å². The highest BCUT2D eigenvalue weighted by atomic mass is 16.5. The molecule has 1 aromatic rings. The maximum atomic E-state index is 9.34. The van der Waals surface area contributed by atoms with E-state index in [9.17, 15) is 5.11 Å². The average molecular weight is 264 g/mol. The van der Waals surface area contributed by atoms with Gasteiger partial charge in [-0.15, -0.1) is 0 Å². The van der Waals surface area contributed by atoms with Crippen molar-refractivity contribution in [3.63, 3.8) is 0 Å². The third kappa shape index (κ3) is 3.47. The zero-order valence-corrected chi connectivity index (χ0v) is 12.0. The molecule has 106 valence electrons. The molecule has 0 radical (unpaired) electrons. The lowest BCUT2D eigenvalue weighted by molar-refractivity contribution is -0.101. The third-order valence-electron chi connectivity index (χ3n) is 3.47. The van der Waals surface area contributed by atoms with E-state index in [-0.39, 0.29) is 24.4 Å². The number of hydrogen-bond acceptors (Lipinski definition) is 4. The molecule has 4 heteroatoms. The molecular weight excluding hydrogens is 240 g/mol. The summed E-state index contributed by atoms with van der Waals surface area (Å²) < 4.78 is 5.82. The van der Waals surface area contributed by atoms with E-state index < -0.39 is 0 Å². The summed E-state index contributed by atoms with van der Waals surface area (Å²) in [5, 5.41) is 9.34. The minimum Gasteiger partial charge on any atom is -0.394 e. The molecule has 0 aromatic heterocycles. The zero-order valence-electron chi connectivity index (χ0n) is 12.0. The summed E-state index contributed by atoms with van der Waals surface area (Å²) in [5.74, 6) is 0. The Hall–Kier alpha value is -1.10. The number of nitrogens with zero attached hydrogens (tertiary/aromatic N) is 1. The highest BCUT2D eigenvalue weighted by molar-refractivity contribution is 5.49.